The summed E-state index contributed by atoms with van der Waals surface area (Å²) in [4.78, 5) is 0. The second kappa shape index (κ2) is 3.87. The molecule has 50 valence electrons. The highest BCUT2D eigenvalue weighted by Gasteiger charge is 2.07. The molecular weight excluding hydrogens is 102 g/mol. The standard InChI is InChI=1S/C6H15NO/c1-3-6(8)5(2)4-7/h5-6,8H,3-4,7H2,1-2H3. The molecule has 0 saturated heterocycles. The van der Waals surface area contributed by atoms with Crippen molar-refractivity contribution in [3.05, 3.63) is 0 Å². The van der Waals surface area contributed by atoms with E-state index in [0.717, 1.165) is 6.42 Å². The van der Waals surface area contributed by atoms with Gasteiger partial charge in [-0.15, -0.1) is 0 Å². The van der Waals surface area contributed by atoms with Crippen molar-refractivity contribution < 1.29 is 5.11 Å². The van der Waals surface area contributed by atoms with E-state index < -0.39 is 0 Å². The molecule has 8 heavy (non-hydrogen) atoms. The summed E-state index contributed by atoms with van der Waals surface area (Å²) in [6, 6.07) is 0. The second-order valence-electron chi connectivity index (χ2n) is 2.19. The Morgan fingerprint density at radius 2 is 2.12 bits per heavy atom. The highest BCUT2D eigenvalue weighted by molar-refractivity contribution is 4.61. The molecule has 2 nitrogen and oxygen atoms in total. The summed E-state index contributed by atoms with van der Waals surface area (Å²) in [5.74, 6) is 0.250. The molecular formula is C6H15NO. The lowest BCUT2D eigenvalue weighted by Gasteiger charge is -2.13. The Morgan fingerprint density at radius 3 is 2.25 bits per heavy atom. The van der Waals surface area contributed by atoms with Crippen LogP contribution in [-0.2, 0) is 0 Å². The molecule has 0 fully saturated rings. The number of hydrogen-bond donors (Lipinski definition) is 2. The summed E-state index contributed by atoms with van der Waals surface area (Å²) in [5.41, 5.74) is 5.29. The molecule has 3 N–H and O–H groups in total. The predicted octanol–water partition coefficient (Wildman–Crippen LogP) is 0.352. The zero-order valence-electron chi connectivity index (χ0n) is 5.59. The molecule has 0 radical (unpaired) electrons. The molecule has 0 aromatic rings. The zero-order chi connectivity index (χ0) is 6.57. The smallest absolute Gasteiger partial charge is 0.0575 e. The fraction of sp³-hybridized carbons (Fsp3) is 1.00. The van der Waals surface area contributed by atoms with Crippen LogP contribution in [0.15, 0.2) is 0 Å². The van der Waals surface area contributed by atoms with Crippen LogP contribution in [0.2, 0.25) is 0 Å². The Bertz CT molecular complexity index is 48.5. The van der Waals surface area contributed by atoms with E-state index in [4.69, 9.17) is 10.8 Å². The van der Waals surface area contributed by atoms with Crippen molar-refractivity contribution in [1.82, 2.24) is 0 Å². The maximum absolute atomic E-state index is 9.05. The average Bonchev–Trinajstić information content (AvgIpc) is 1.84. The van der Waals surface area contributed by atoms with E-state index in [2.05, 4.69) is 0 Å². The lowest BCUT2D eigenvalue weighted by Crippen LogP contribution is -2.24. The molecule has 0 aliphatic carbocycles. The van der Waals surface area contributed by atoms with Crippen LogP contribution in [-0.4, -0.2) is 17.8 Å². The average molecular weight is 117 g/mol. The van der Waals surface area contributed by atoms with Crippen LogP contribution in [0.4, 0.5) is 0 Å². The minimum atomic E-state index is -0.208. The van der Waals surface area contributed by atoms with E-state index >= 15 is 0 Å². The highest BCUT2D eigenvalue weighted by Crippen LogP contribution is 2.02. The van der Waals surface area contributed by atoms with Gasteiger partial charge in [0.05, 0.1) is 6.10 Å². The van der Waals surface area contributed by atoms with Crippen molar-refractivity contribution in [1.29, 1.82) is 0 Å². The number of aliphatic hydroxyl groups is 1. The molecule has 0 aromatic carbocycles. The molecule has 0 amide bonds. The Balaban J connectivity index is 3.29. The monoisotopic (exact) mass is 117 g/mol. The summed E-state index contributed by atoms with van der Waals surface area (Å²) in [7, 11) is 0. The molecule has 0 saturated carbocycles. The van der Waals surface area contributed by atoms with Gasteiger partial charge in [-0.3, -0.25) is 0 Å². The topological polar surface area (TPSA) is 46.2 Å². The Labute approximate surface area is 50.7 Å². The van der Waals surface area contributed by atoms with Crippen LogP contribution in [0.1, 0.15) is 20.3 Å². The fourth-order valence-electron chi connectivity index (χ4n) is 0.559. The third-order valence-corrected chi connectivity index (χ3v) is 1.45. The van der Waals surface area contributed by atoms with Crippen molar-refractivity contribution in [3.8, 4) is 0 Å². The molecule has 2 heteroatoms. The van der Waals surface area contributed by atoms with Gasteiger partial charge >= 0.3 is 0 Å². The van der Waals surface area contributed by atoms with E-state index in [1.165, 1.54) is 0 Å². The Morgan fingerprint density at radius 1 is 1.62 bits per heavy atom. The third kappa shape index (κ3) is 2.28. The van der Waals surface area contributed by atoms with Crippen molar-refractivity contribution in [2.24, 2.45) is 11.7 Å². The number of hydrogen-bond acceptors (Lipinski definition) is 2. The SMILES string of the molecule is CCC(O)C(C)CN. The summed E-state index contributed by atoms with van der Waals surface area (Å²) in [5, 5.41) is 9.05. The fourth-order valence-corrected chi connectivity index (χ4v) is 0.559. The third-order valence-electron chi connectivity index (χ3n) is 1.45. The minimum Gasteiger partial charge on any atom is -0.393 e. The van der Waals surface area contributed by atoms with Crippen LogP contribution in [0.3, 0.4) is 0 Å². The van der Waals surface area contributed by atoms with Crippen LogP contribution in [0.5, 0.6) is 0 Å². The maximum atomic E-state index is 9.05. The normalized spacial score (nSPS) is 18.0. The number of nitrogens with two attached hydrogens (primary N) is 1. The van der Waals surface area contributed by atoms with Gasteiger partial charge in [-0.25, -0.2) is 0 Å². The summed E-state index contributed by atoms with van der Waals surface area (Å²) in [6.07, 6.45) is 0.596. The van der Waals surface area contributed by atoms with Gasteiger partial charge in [0, 0.05) is 0 Å². The first kappa shape index (κ1) is 7.92. The van der Waals surface area contributed by atoms with E-state index in [9.17, 15) is 0 Å². The van der Waals surface area contributed by atoms with Crippen molar-refractivity contribution >= 4 is 0 Å². The first-order valence-electron chi connectivity index (χ1n) is 3.10. The quantitative estimate of drug-likeness (QED) is 0.560. The molecule has 0 aliphatic heterocycles. The zero-order valence-corrected chi connectivity index (χ0v) is 5.59. The van der Waals surface area contributed by atoms with Crippen LogP contribution < -0.4 is 5.73 Å². The molecule has 0 aliphatic rings. The lowest BCUT2D eigenvalue weighted by molar-refractivity contribution is 0.116. The summed E-state index contributed by atoms with van der Waals surface area (Å²) >= 11 is 0. The molecule has 2 unspecified atom stereocenters. The van der Waals surface area contributed by atoms with E-state index in [-0.39, 0.29) is 12.0 Å². The highest BCUT2D eigenvalue weighted by atomic mass is 16.3. The largest absolute Gasteiger partial charge is 0.393 e. The maximum Gasteiger partial charge on any atom is 0.0575 e. The summed E-state index contributed by atoms with van der Waals surface area (Å²) in [6.45, 7) is 4.49. The van der Waals surface area contributed by atoms with E-state index in [1.54, 1.807) is 0 Å². The van der Waals surface area contributed by atoms with Gasteiger partial charge in [0.2, 0.25) is 0 Å². The Hall–Kier alpha value is -0.0800. The van der Waals surface area contributed by atoms with E-state index in [1.807, 2.05) is 13.8 Å². The molecule has 0 bridgehead atoms. The molecule has 2 atom stereocenters. The van der Waals surface area contributed by atoms with Crippen molar-refractivity contribution in [3.63, 3.8) is 0 Å². The number of aliphatic hydroxyl groups excluding tert-OH is 1. The van der Waals surface area contributed by atoms with Gasteiger partial charge < -0.3 is 10.8 Å². The summed E-state index contributed by atoms with van der Waals surface area (Å²) < 4.78 is 0. The van der Waals surface area contributed by atoms with Gasteiger partial charge in [0.15, 0.2) is 0 Å². The first-order valence-corrected chi connectivity index (χ1v) is 3.10. The molecule has 0 rings (SSSR count). The number of rotatable bonds is 3. The van der Waals surface area contributed by atoms with Gasteiger partial charge in [-0.1, -0.05) is 13.8 Å². The van der Waals surface area contributed by atoms with Crippen LogP contribution >= 0.6 is 0 Å². The van der Waals surface area contributed by atoms with E-state index in [0.29, 0.717) is 6.54 Å². The first-order chi connectivity index (χ1) is 3.72. The van der Waals surface area contributed by atoms with Crippen molar-refractivity contribution in [2.45, 2.75) is 26.4 Å². The van der Waals surface area contributed by atoms with Crippen molar-refractivity contribution in [2.75, 3.05) is 6.54 Å². The van der Waals surface area contributed by atoms with Gasteiger partial charge in [-0.05, 0) is 18.9 Å². The lowest BCUT2D eigenvalue weighted by atomic mass is 10.0. The minimum absolute atomic E-state index is 0.208. The van der Waals surface area contributed by atoms with Crippen LogP contribution in [0, 0.1) is 5.92 Å². The molecule has 0 spiro atoms. The predicted molar refractivity (Wildman–Crippen MR) is 34.5 cm³/mol. The second-order valence-corrected chi connectivity index (χ2v) is 2.19. The Kier molecular flexibility index (Phi) is 3.83. The van der Waals surface area contributed by atoms with Gasteiger partial charge in [0.25, 0.3) is 0 Å². The van der Waals surface area contributed by atoms with Crippen LogP contribution in [0.25, 0.3) is 0 Å². The van der Waals surface area contributed by atoms with Gasteiger partial charge in [0.1, 0.15) is 0 Å². The molecule has 0 heterocycles. The van der Waals surface area contributed by atoms with Gasteiger partial charge in [-0.2, -0.15) is 0 Å². The molecule has 0 aromatic heterocycles.